The Balaban J connectivity index is 0.00000385. The van der Waals surface area contributed by atoms with Crippen LogP contribution in [0, 0.1) is 6.92 Å². The van der Waals surface area contributed by atoms with Crippen molar-refractivity contribution >= 4 is 35.8 Å². The Bertz CT molecular complexity index is 1030. The van der Waals surface area contributed by atoms with Gasteiger partial charge < -0.3 is 20.4 Å². The number of carbonyl (C=O) groups excluding carboxylic acids is 1. The van der Waals surface area contributed by atoms with Crippen LogP contribution in [0.25, 0.3) is 11.5 Å². The Hall–Kier alpha value is -2.88. The molecule has 0 bridgehead atoms. The molecule has 0 aliphatic rings. The summed E-state index contributed by atoms with van der Waals surface area (Å²) in [5.74, 6) is 1.22. The Morgan fingerprint density at radius 2 is 1.70 bits per heavy atom. The van der Waals surface area contributed by atoms with E-state index in [9.17, 15) is 4.79 Å². The number of rotatable bonds is 9. The Labute approximate surface area is 212 Å². The lowest BCUT2D eigenvalue weighted by Crippen LogP contribution is -2.36. The number of hydrogen-bond acceptors (Lipinski definition) is 4. The van der Waals surface area contributed by atoms with E-state index in [0.717, 1.165) is 29.7 Å². The molecule has 176 valence electrons. The maximum absolute atomic E-state index is 12.1. The molecule has 0 atom stereocenters. The van der Waals surface area contributed by atoms with Crippen molar-refractivity contribution in [3.05, 3.63) is 77.2 Å². The zero-order valence-corrected chi connectivity index (χ0v) is 21.7. The molecule has 1 aromatic heterocycles. The summed E-state index contributed by atoms with van der Waals surface area (Å²) in [5, 5.41) is 9.44. The molecule has 0 spiro atoms. The largest absolute Gasteiger partial charge is 0.444 e. The second-order valence-corrected chi connectivity index (χ2v) is 7.60. The van der Waals surface area contributed by atoms with Gasteiger partial charge in [-0.1, -0.05) is 43.2 Å². The van der Waals surface area contributed by atoms with Crippen molar-refractivity contribution in [2.45, 2.75) is 39.8 Å². The van der Waals surface area contributed by atoms with Crippen LogP contribution in [0.4, 0.5) is 0 Å². The van der Waals surface area contributed by atoms with E-state index in [1.54, 1.807) is 13.3 Å². The van der Waals surface area contributed by atoms with Gasteiger partial charge >= 0.3 is 0 Å². The molecular weight excluding hydrogens is 529 g/mol. The lowest BCUT2D eigenvalue weighted by Gasteiger charge is -2.11. The van der Waals surface area contributed by atoms with Gasteiger partial charge in [-0.2, -0.15) is 0 Å². The Kier molecular flexibility index (Phi) is 10.9. The summed E-state index contributed by atoms with van der Waals surface area (Å²) in [7, 11) is 1.72. The van der Waals surface area contributed by atoms with Crippen molar-refractivity contribution < 1.29 is 9.21 Å². The number of amides is 1. The molecule has 1 amide bonds. The van der Waals surface area contributed by atoms with E-state index in [4.69, 9.17) is 4.42 Å². The fraction of sp³-hybridized carbons (Fsp3) is 0.320. The SMILES string of the molecule is CCCCNC(=O)c1ccc(CNC(=NC)NCc2coc(-c3ccc(C)cc3)n2)cc1.I. The fourth-order valence-corrected chi connectivity index (χ4v) is 3.05. The predicted molar refractivity (Wildman–Crippen MR) is 143 cm³/mol. The van der Waals surface area contributed by atoms with Gasteiger partial charge in [0.25, 0.3) is 5.91 Å². The quantitative estimate of drug-likeness (QED) is 0.153. The molecule has 0 aliphatic heterocycles. The third kappa shape index (κ3) is 8.20. The van der Waals surface area contributed by atoms with Crippen LogP contribution in [0.3, 0.4) is 0 Å². The highest BCUT2D eigenvalue weighted by Crippen LogP contribution is 2.19. The molecule has 0 fully saturated rings. The number of aromatic nitrogens is 1. The van der Waals surface area contributed by atoms with Crippen LogP contribution < -0.4 is 16.0 Å². The van der Waals surface area contributed by atoms with Gasteiger partial charge in [-0.3, -0.25) is 9.79 Å². The number of oxazole rings is 1. The number of aliphatic imine (C=N–C) groups is 1. The molecule has 0 saturated heterocycles. The highest BCUT2D eigenvalue weighted by molar-refractivity contribution is 14.0. The maximum atomic E-state index is 12.1. The van der Waals surface area contributed by atoms with Crippen LogP contribution in [0.1, 0.15) is 46.9 Å². The van der Waals surface area contributed by atoms with Crippen molar-refractivity contribution in [1.29, 1.82) is 0 Å². The summed E-state index contributed by atoms with van der Waals surface area (Å²) in [6.45, 7) is 5.94. The zero-order valence-electron chi connectivity index (χ0n) is 19.4. The molecule has 0 unspecified atom stereocenters. The summed E-state index contributed by atoms with van der Waals surface area (Å²) in [5.41, 5.74) is 4.67. The summed E-state index contributed by atoms with van der Waals surface area (Å²) in [6, 6.07) is 15.6. The van der Waals surface area contributed by atoms with E-state index >= 15 is 0 Å². The van der Waals surface area contributed by atoms with E-state index in [1.165, 1.54) is 5.56 Å². The first-order valence-corrected chi connectivity index (χ1v) is 10.9. The minimum Gasteiger partial charge on any atom is -0.444 e. The molecule has 0 saturated carbocycles. The number of aryl methyl sites for hydroxylation is 1. The van der Waals surface area contributed by atoms with Crippen LogP contribution >= 0.6 is 24.0 Å². The molecule has 3 N–H and O–H groups in total. The lowest BCUT2D eigenvalue weighted by atomic mass is 10.1. The topological polar surface area (TPSA) is 91.5 Å². The fourth-order valence-electron chi connectivity index (χ4n) is 3.05. The van der Waals surface area contributed by atoms with Crippen LogP contribution in [0.2, 0.25) is 0 Å². The number of benzene rings is 2. The summed E-state index contributed by atoms with van der Waals surface area (Å²) in [6.07, 6.45) is 3.70. The summed E-state index contributed by atoms with van der Waals surface area (Å²) in [4.78, 5) is 20.9. The molecule has 0 radical (unpaired) electrons. The number of carbonyl (C=O) groups is 1. The van der Waals surface area contributed by atoms with Gasteiger partial charge in [0.15, 0.2) is 5.96 Å². The molecule has 0 aliphatic carbocycles. The third-order valence-electron chi connectivity index (χ3n) is 5.00. The smallest absolute Gasteiger partial charge is 0.251 e. The van der Waals surface area contributed by atoms with Gasteiger partial charge in [-0.25, -0.2) is 4.98 Å². The van der Waals surface area contributed by atoms with Crippen LogP contribution in [-0.4, -0.2) is 30.4 Å². The second kappa shape index (κ2) is 13.6. The number of hydrogen-bond donors (Lipinski definition) is 3. The summed E-state index contributed by atoms with van der Waals surface area (Å²) < 4.78 is 5.60. The molecule has 2 aromatic carbocycles. The number of halogens is 1. The first-order valence-electron chi connectivity index (χ1n) is 10.9. The standard InChI is InChI=1S/C25H31N5O2.HI/c1-4-5-14-27-23(31)20-12-8-19(9-13-20)15-28-25(26-3)29-16-22-17-32-24(30-22)21-10-6-18(2)7-11-21;/h6-13,17H,4-5,14-16H2,1-3H3,(H,27,31)(H2,26,28,29);1H. The van der Waals surface area contributed by atoms with Crippen LogP contribution in [0.5, 0.6) is 0 Å². The molecule has 1 heterocycles. The Morgan fingerprint density at radius 3 is 2.36 bits per heavy atom. The highest BCUT2D eigenvalue weighted by Gasteiger charge is 2.08. The first kappa shape index (κ1) is 26.4. The molecular formula is C25H32IN5O2. The van der Waals surface area contributed by atoms with E-state index in [2.05, 4.69) is 32.9 Å². The van der Waals surface area contributed by atoms with Gasteiger partial charge in [0.1, 0.15) is 6.26 Å². The Morgan fingerprint density at radius 1 is 1.00 bits per heavy atom. The second-order valence-electron chi connectivity index (χ2n) is 7.60. The van der Waals surface area contributed by atoms with Gasteiger partial charge in [0, 0.05) is 31.3 Å². The van der Waals surface area contributed by atoms with Crippen molar-refractivity contribution in [2.24, 2.45) is 4.99 Å². The van der Waals surface area contributed by atoms with Crippen molar-refractivity contribution in [3.8, 4) is 11.5 Å². The van der Waals surface area contributed by atoms with Gasteiger partial charge in [0.2, 0.25) is 5.89 Å². The number of guanidine groups is 1. The third-order valence-corrected chi connectivity index (χ3v) is 5.00. The average molecular weight is 561 g/mol. The maximum Gasteiger partial charge on any atom is 0.251 e. The molecule has 3 rings (SSSR count). The van der Waals surface area contributed by atoms with E-state index in [-0.39, 0.29) is 29.9 Å². The van der Waals surface area contributed by atoms with Crippen LogP contribution in [-0.2, 0) is 13.1 Å². The number of nitrogens with one attached hydrogen (secondary N) is 3. The number of nitrogens with zero attached hydrogens (tertiary/aromatic N) is 2. The minimum atomic E-state index is -0.0342. The molecule has 33 heavy (non-hydrogen) atoms. The predicted octanol–water partition coefficient (Wildman–Crippen LogP) is 4.66. The zero-order chi connectivity index (χ0) is 22.8. The average Bonchev–Trinajstić information content (AvgIpc) is 3.29. The first-order chi connectivity index (χ1) is 15.6. The van der Waals surface area contributed by atoms with Gasteiger partial charge in [-0.05, 0) is 43.2 Å². The van der Waals surface area contributed by atoms with Crippen molar-refractivity contribution in [1.82, 2.24) is 20.9 Å². The van der Waals surface area contributed by atoms with Crippen molar-refractivity contribution in [2.75, 3.05) is 13.6 Å². The van der Waals surface area contributed by atoms with Gasteiger partial charge in [0.05, 0.1) is 12.2 Å². The summed E-state index contributed by atoms with van der Waals surface area (Å²) >= 11 is 0. The minimum absolute atomic E-state index is 0. The normalized spacial score (nSPS) is 10.9. The van der Waals surface area contributed by atoms with E-state index in [0.29, 0.717) is 37.0 Å². The van der Waals surface area contributed by atoms with E-state index < -0.39 is 0 Å². The molecule has 8 heteroatoms. The van der Waals surface area contributed by atoms with Gasteiger partial charge in [-0.15, -0.1) is 24.0 Å². The van der Waals surface area contributed by atoms with Crippen LogP contribution in [0.15, 0.2) is 64.2 Å². The highest BCUT2D eigenvalue weighted by atomic mass is 127. The monoisotopic (exact) mass is 561 g/mol. The number of unbranched alkanes of at least 4 members (excludes halogenated alkanes) is 1. The van der Waals surface area contributed by atoms with E-state index in [1.807, 2.05) is 55.5 Å². The van der Waals surface area contributed by atoms with Crippen molar-refractivity contribution in [3.63, 3.8) is 0 Å². The lowest BCUT2D eigenvalue weighted by molar-refractivity contribution is 0.0953. The molecule has 3 aromatic rings. The molecule has 7 nitrogen and oxygen atoms in total.